The van der Waals surface area contributed by atoms with Gasteiger partial charge in [-0.25, -0.2) is 4.39 Å². The third-order valence-corrected chi connectivity index (χ3v) is 13.0. The average Bonchev–Trinajstić information content (AvgIpc) is 3.48. The molecule has 4 aliphatic rings. The van der Waals surface area contributed by atoms with Gasteiger partial charge in [-0.3, -0.25) is 34.3 Å². The number of allylic oxidation sites excluding steroid dienone is 2. The van der Waals surface area contributed by atoms with Crippen molar-refractivity contribution in [1.29, 1.82) is 0 Å². The molecule has 51 heavy (non-hydrogen) atoms. The Morgan fingerprint density at radius 1 is 1.02 bits per heavy atom. The predicted molar refractivity (Wildman–Crippen MR) is 188 cm³/mol. The summed E-state index contributed by atoms with van der Waals surface area (Å²) in [6.45, 7) is -0.288. The molecule has 3 aromatic carbocycles. The molecule has 264 valence electrons. The number of carbonyl (C=O) groups excluding carboxylic acids is 4. The maximum atomic E-state index is 15.3. The number of hydrogen-bond donors (Lipinski definition) is 3. The highest BCUT2D eigenvalue weighted by Crippen LogP contribution is 2.65. The number of hydrogen-bond acceptors (Lipinski definition) is 8. The first-order valence-corrected chi connectivity index (χ1v) is 18.0. The first-order chi connectivity index (χ1) is 24.3. The third-order valence-electron chi connectivity index (χ3n) is 10.6. The zero-order valence-corrected chi connectivity index (χ0v) is 30.7. The number of carboxylic acids is 1. The molecule has 0 radical (unpaired) electrons. The van der Waals surface area contributed by atoms with Gasteiger partial charge in [0.15, 0.2) is 11.5 Å². The number of carboxylic acid groups (broad SMARTS) is 1. The number of halogens is 4. The molecule has 0 bridgehead atoms. The van der Waals surface area contributed by atoms with Gasteiger partial charge in [0.2, 0.25) is 11.8 Å². The van der Waals surface area contributed by atoms with Crippen molar-refractivity contribution < 1.29 is 43.3 Å². The number of amides is 4. The minimum Gasteiger partial charge on any atom is -0.503 e. The van der Waals surface area contributed by atoms with Crippen molar-refractivity contribution >= 4 is 78.7 Å². The second-order valence-corrected chi connectivity index (χ2v) is 15.0. The summed E-state index contributed by atoms with van der Waals surface area (Å²) < 4.78 is 20.0. The number of fused-ring (bicyclic) bond motifs is 4. The number of rotatable bonds is 8. The second-order valence-electron chi connectivity index (χ2n) is 13.0. The summed E-state index contributed by atoms with van der Waals surface area (Å²) in [6.07, 6.45) is 1.57. The van der Waals surface area contributed by atoms with Gasteiger partial charge >= 0.3 is 5.97 Å². The van der Waals surface area contributed by atoms with Crippen molar-refractivity contribution in [3.8, 4) is 11.5 Å². The number of aromatic hydroxyl groups is 1. The number of imide groups is 2. The first-order valence-electron chi connectivity index (χ1n) is 16.0. The van der Waals surface area contributed by atoms with Gasteiger partial charge < -0.3 is 14.9 Å². The van der Waals surface area contributed by atoms with E-state index in [0.29, 0.717) is 26.2 Å². The van der Waals surface area contributed by atoms with Crippen molar-refractivity contribution in [1.82, 2.24) is 9.91 Å². The molecule has 3 aromatic rings. The number of likely N-dealkylation sites (tertiary alicyclic amines) is 1. The normalized spacial score (nSPS) is 26.8. The van der Waals surface area contributed by atoms with E-state index in [1.165, 1.54) is 31.4 Å². The zero-order chi connectivity index (χ0) is 36.5. The number of anilines is 1. The van der Waals surface area contributed by atoms with Crippen molar-refractivity contribution in [2.75, 3.05) is 19.1 Å². The Hall–Kier alpha value is -4.27. The number of benzene rings is 3. The SMILES string of the molecule is COc1cc([C@H]2C3=CC[C@@H]4C(=O)N(CCC(=O)O)C(=O)[C@@H]4[C@@H]3C[C@H]3C(=O)N(Nc4ccc(F)cc4)C(=O)[C@@]23c2ccc(Cl)cc2)c(Br)c(Br)c1O. The van der Waals surface area contributed by atoms with Crippen LogP contribution in [0.4, 0.5) is 10.1 Å². The molecule has 4 amide bonds. The maximum Gasteiger partial charge on any atom is 0.305 e. The van der Waals surface area contributed by atoms with E-state index in [1.807, 2.05) is 6.08 Å². The van der Waals surface area contributed by atoms with Crippen LogP contribution < -0.4 is 10.2 Å². The Morgan fingerprint density at radius 2 is 1.71 bits per heavy atom. The van der Waals surface area contributed by atoms with E-state index >= 15 is 4.79 Å². The summed E-state index contributed by atoms with van der Waals surface area (Å²) in [7, 11) is 1.37. The second kappa shape index (κ2) is 13.1. The fourth-order valence-electron chi connectivity index (χ4n) is 8.47. The predicted octanol–water partition coefficient (Wildman–Crippen LogP) is 6.18. The Morgan fingerprint density at radius 3 is 2.35 bits per heavy atom. The molecule has 2 aliphatic heterocycles. The van der Waals surface area contributed by atoms with E-state index in [2.05, 4.69) is 37.3 Å². The molecule has 11 nitrogen and oxygen atoms in total. The molecular formula is C36H29Br2ClFN3O8. The zero-order valence-electron chi connectivity index (χ0n) is 26.7. The number of methoxy groups -OCH3 is 1. The fraction of sp³-hybridized carbons (Fsp3) is 0.306. The minimum atomic E-state index is -1.66. The minimum absolute atomic E-state index is 0.00189. The molecule has 2 heterocycles. The van der Waals surface area contributed by atoms with Crippen LogP contribution in [0.5, 0.6) is 11.5 Å². The monoisotopic (exact) mass is 843 g/mol. The number of phenols is 1. The van der Waals surface area contributed by atoms with E-state index in [-0.39, 0.29) is 41.0 Å². The van der Waals surface area contributed by atoms with Crippen molar-refractivity contribution in [3.63, 3.8) is 0 Å². The molecule has 0 aromatic heterocycles. The smallest absolute Gasteiger partial charge is 0.305 e. The van der Waals surface area contributed by atoms with Gasteiger partial charge in [-0.05, 0) is 104 Å². The van der Waals surface area contributed by atoms with Crippen LogP contribution in [-0.2, 0) is 29.4 Å². The van der Waals surface area contributed by atoms with E-state index in [1.54, 1.807) is 30.3 Å². The first kappa shape index (κ1) is 35.1. The van der Waals surface area contributed by atoms with E-state index in [0.717, 1.165) is 9.91 Å². The van der Waals surface area contributed by atoms with Gasteiger partial charge in [0, 0.05) is 22.0 Å². The fourth-order valence-corrected chi connectivity index (χ4v) is 9.55. The Balaban J connectivity index is 1.48. The summed E-state index contributed by atoms with van der Waals surface area (Å²) in [5.41, 5.74) is 3.04. The van der Waals surface area contributed by atoms with Crippen LogP contribution in [0, 0.1) is 29.5 Å². The molecule has 3 N–H and O–H groups in total. The maximum absolute atomic E-state index is 15.3. The van der Waals surface area contributed by atoms with Gasteiger partial charge in [-0.15, -0.1) is 0 Å². The lowest BCUT2D eigenvalue weighted by Crippen LogP contribution is -2.53. The van der Waals surface area contributed by atoms with Crippen LogP contribution in [0.15, 0.2) is 75.2 Å². The van der Waals surface area contributed by atoms with Gasteiger partial charge in [0.25, 0.3) is 11.8 Å². The molecule has 0 unspecified atom stereocenters. The molecule has 2 aliphatic carbocycles. The van der Waals surface area contributed by atoms with Gasteiger partial charge in [-0.2, -0.15) is 5.01 Å². The van der Waals surface area contributed by atoms with E-state index in [9.17, 15) is 33.8 Å². The topological polar surface area (TPSA) is 154 Å². The van der Waals surface area contributed by atoms with E-state index in [4.69, 9.17) is 16.3 Å². The molecule has 2 saturated heterocycles. The summed E-state index contributed by atoms with van der Waals surface area (Å²) in [4.78, 5) is 70.1. The number of phenolic OH excluding ortho intramolecular Hbond substituents is 1. The van der Waals surface area contributed by atoms with Crippen LogP contribution in [-0.4, -0.2) is 63.4 Å². The summed E-state index contributed by atoms with van der Waals surface area (Å²) in [5.74, 6) is -8.53. The lowest BCUT2D eigenvalue weighted by atomic mass is 9.49. The number of carbonyl (C=O) groups is 5. The molecule has 15 heteroatoms. The van der Waals surface area contributed by atoms with Crippen LogP contribution >= 0.6 is 43.5 Å². The van der Waals surface area contributed by atoms with Gasteiger partial charge in [0.1, 0.15) is 5.82 Å². The van der Waals surface area contributed by atoms with Crippen LogP contribution in [0.25, 0.3) is 0 Å². The van der Waals surface area contributed by atoms with Crippen LogP contribution in [0.2, 0.25) is 5.02 Å². The Labute approximate surface area is 312 Å². The van der Waals surface area contributed by atoms with Crippen molar-refractivity contribution in [2.45, 2.75) is 30.6 Å². The summed E-state index contributed by atoms with van der Waals surface area (Å²) in [6, 6.07) is 13.3. The van der Waals surface area contributed by atoms with Crippen LogP contribution in [0.3, 0.4) is 0 Å². The van der Waals surface area contributed by atoms with Gasteiger partial charge in [0.05, 0.1) is 46.9 Å². The molecule has 7 rings (SSSR count). The van der Waals surface area contributed by atoms with E-state index < -0.39 is 76.8 Å². The summed E-state index contributed by atoms with van der Waals surface area (Å²) in [5, 5.41) is 21.6. The standard InChI is InChI=1S/C36H29Br2ClFN3O8/c1-51-25-15-23(29(37)30(38)31(25)46)28-20-10-11-21-27(34(49)42(32(21)47)13-12-26(44)45)22(20)14-24-33(48)43(41-19-8-6-18(40)7-9-19)35(50)36(24,28)16-2-4-17(39)5-3-16/h2-10,15,21-22,24,27-28,41,46H,11-14H2,1H3,(H,44,45)/t21-,22+,24-,27-,28+,36+/m0/s1. The Kier molecular flexibility index (Phi) is 8.99. The molecule has 0 spiro atoms. The highest BCUT2D eigenvalue weighted by atomic mass is 79.9. The quantitative estimate of drug-likeness (QED) is 0.178. The third kappa shape index (κ3) is 5.36. The number of nitrogens with one attached hydrogen (secondary N) is 1. The number of ether oxygens (including phenoxy) is 1. The largest absolute Gasteiger partial charge is 0.503 e. The lowest BCUT2D eigenvalue weighted by Gasteiger charge is -2.51. The number of aliphatic carboxylic acids is 1. The number of hydrazine groups is 1. The summed E-state index contributed by atoms with van der Waals surface area (Å²) >= 11 is 13.4. The molecule has 1 saturated carbocycles. The van der Waals surface area contributed by atoms with Crippen molar-refractivity contribution in [3.05, 3.63) is 97.2 Å². The lowest BCUT2D eigenvalue weighted by molar-refractivity contribution is -0.143. The van der Waals surface area contributed by atoms with Crippen molar-refractivity contribution in [2.24, 2.45) is 23.7 Å². The molecule has 6 atom stereocenters. The van der Waals surface area contributed by atoms with Gasteiger partial charge in [-0.1, -0.05) is 35.4 Å². The number of nitrogens with zero attached hydrogens (tertiary/aromatic N) is 2. The highest BCUT2D eigenvalue weighted by molar-refractivity contribution is 9.13. The average molecular weight is 846 g/mol. The Bertz CT molecular complexity index is 2040. The molecular weight excluding hydrogens is 817 g/mol. The van der Waals surface area contributed by atoms with Crippen LogP contribution in [0.1, 0.15) is 36.3 Å². The highest BCUT2D eigenvalue weighted by Gasteiger charge is 2.70. The molecule has 3 fully saturated rings.